The largest absolute Gasteiger partial charge is 0.399 e. The maximum absolute atomic E-state index is 5.66. The van der Waals surface area contributed by atoms with Crippen molar-refractivity contribution < 1.29 is 0 Å². The maximum Gasteiger partial charge on any atom is 0.0314 e. The van der Waals surface area contributed by atoms with Crippen LogP contribution in [-0.2, 0) is 0 Å². The van der Waals surface area contributed by atoms with Gasteiger partial charge in [-0.1, -0.05) is 56.7 Å². The molecule has 0 unspecified atom stereocenters. The van der Waals surface area contributed by atoms with Crippen molar-refractivity contribution in [2.45, 2.75) is 38.0 Å². The third kappa shape index (κ3) is 4.90. The number of nitrogens with two attached hydrogens (primary N) is 1. The van der Waals surface area contributed by atoms with Crippen LogP contribution >= 0.6 is 0 Å². The van der Waals surface area contributed by atoms with Gasteiger partial charge in [0.05, 0.1) is 0 Å². The Hall–Kier alpha value is -1.50. The number of hydrogen-bond acceptors (Lipinski definition) is 1. The van der Waals surface area contributed by atoms with Gasteiger partial charge in [0.25, 0.3) is 0 Å². The summed E-state index contributed by atoms with van der Waals surface area (Å²) in [4.78, 5) is 0. The van der Waals surface area contributed by atoms with Crippen LogP contribution in [0, 0.1) is 0 Å². The van der Waals surface area contributed by atoms with Gasteiger partial charge in [0.15, 0.2) is 0 Å². The monoisotopic (exact) mass is 229 g/mol. The van der Waals surface area contributed by atoms with Crippen LogP contribution in [0.15, 0.2) is 49.6 Å². The first-order valence-corrected chi connectivity index (χ1v) is 6.37. The summed E-state index contributed by atoms with van der Waals surface area (Å²) in [7, 11) is 0. The summed E-state index contributed by atoms with van der Waals surface area (Å²) in [6.45, 7) is 6.72. The van der Waals surface area contributed by atoms with Gasteiger partial charge < -0.3 is 5.73 Å². The molecule has 1 fully saturated rings. The highest BCUT2D eigenvalue weighted by molar-refractivity contribution is 5.40. The molecule has 0 aliphatic heterocycles. The Morgan fingerprint density at radius 1 is 0.941 bits per heavy atom. The van der Waals surface area contributed by atoms with Crippen molar-refractivity contribution >= 4 is 5.69 Å². The minimum Gasteiger partial charge on any atom is -0.399 e. The number of rotatable bonds is 2. The molecule has 1 nitrogen and oxygen atoms in total. The number of allylic oxidation sites excluding steroid dienone is 2. The van der Waals surface area contributed by atoms with Crippen LogP contribution in [0.5, 0.6) is 0 Å². The number of nitrogen functional groups attached to an aromatic ring is 1. The quantitative estimate of drug-likeness (QED) is 0.578. The molecule has 0 heterocycles. The van der Waals surface area contributed by atoms with Crippen molar-refractivity contribution in [1.82, 2.24) is 0 Å². The minimum absolute atomic E-state index is 0.800. The average molecular weight is 229 g/mol. The minimum atomic E-state index is 0.800. The van der Waals surface area contributed by atoms with Gasteiger partial charge in [0, 0.05) is 5.69 Å². The van der Waals surface area contributed by atoms with Crippen molar-refractivity contribution in [2.24, 2.45) is 0 Å². The second-order valence-corrected chi connectivity index (χ2v) is 4.47. The van der Waals surface area contributed by atoms with Gasteiger partial charge in [0.2, 0.25) is 0 Å². The smallest absolute Gasteiger partial charge is 0.0314 e. The van der Waals surface area contributed by atoms with E-state index < -0.39 is 0 Å². The van der Waals surface area contributed by atoms with Crippen LogP contribution in [-0.4, -0.2) is 0 Å². The zero-order chi connectivity index (χ0) is 12.5. The predicted molar refractivity (Wildman–Crippen MR) is 77.1 cm³/mol. The molecule has 1 aliphatic rings. The first-order chi connectivity index (χ1) is 8.27. The van der Waals surface area contributed by atoms with Gasteiger partial charge in [-0.15, -0.1) is 0 Å². The third-order valence-electron chi connectivity index (χ3n) is 3.18. The number of anilines is 1. The fourth-order valence-corrected chi connectivity index (χ4v) is 2.20. The lowest BCUT2D eigenvalue weighted by atomic mass is 9.84. The van der Waals surface area contributed by atoms with Crippen LogP contribution in [0.2, 0.25) is 0 Å². The van der Waals surface area contributed by atoms with E-state index in [0.29, 0.717) is 0 Å². The van der Waals surface area contributed by atoms with Crippen LogP contribution in [0.3, 0.4) is 0 Å². The Balaban J connectivity index is 0.000000317. The maximum atomic E-state index is 5.66. The third-order valence-corrected chi connectivity index (χ3v) is 3.18. The van der Waals surface area contributed by atoms with E-state index in [1.165, 1.54) is 37.7 Å². The van der Waals surface area contributed by atoms with Crippen molar-refractivity contribution in [2.75, 3.05) is 5.73 Å². The Morgan fingerprint density at radius 2 is 1.47 bits per heavy atom. The van der Waals surface area contributed by atoms with Gasteiger partial charge in [-0.2, -0.15) is 0 Å². The van der Waals surface area contributed by atoms with Gasteiger partial charge in [-0.05, 0) is 36.5 Å². The molecule has 2 N–H and O–H groups in total. The molecule has 0 bridgehead atoms. The SMILES string of the molecule is C=CC=C.Nc1ccc(C2CCCCC2)cc1. The standard InChI is InChI=1S/C12H17N.C4H6/c13-12-8-6-11(7-9-12)10-4-2-1-3-5-10;1-3-4-2/h6-10H,1-5,13H2;3-4H,1-2H2. The van der Waals surface area contributed by atoms with Crippen LogP contribution in [0.25, 0.3) is 0 Å². The second kappa shape index (κ2) is 7.72. The summed E-state index contributed by atoms with van der Waals surface area (Å²) in [5, 5.41) is 0. The van der Waals surface area contributed by atoms with Crippen LogP contribution < -0.4 is 5.73 Å². The van der Waals surface area contributed by atoms with Crippen LogP contribution in [0.4, 0.5) is 5.69 Å². The highest BCUT2D eigenvalue weighted by Crippen LogP contribution is 2.32. The Morgan fingerprint density at radius 3 is 1.94 bits per heavy atom. The van der Waals surface area contributed by atoms with Gasteiger partial charge in [-0.25, -0.2) is 0 Å². The molecule has 0 amide bonds. The predicted octanol–water partition coefficient (Wildman–Crippen LogP) is 4.67. The molecule has 0 radical (unpaired) electrons. The van der Waals surface area contributed by atoms with E-state index in [1.54, 1.807) is 12.2 Å². The fraction of sp³-hybridized carbons (Fsp3) is 0.375. The number of hydrogen-bond donors (Lipinski definition) is 1. The Labute approximate surface area is 105 Å². The summed E-state index contributed by atoms with van der Waals surface area (Å²) in [6.07, 6.45) is 10.2. The van der Waals surface area contributed by atoms with Crippen LogP contribution in [0.1, 0.15) is 43.6 Å². The molecule has 0 saturated heterocycles. The van der Waals surface area contributed by atoms with Gasteiger partial charge >= 0.3 is 0 Å². The topological polar surface area (TPSA) is 26.0 Å². The Kier molecular flexibility index (Phi) is 6.16. The lowest BCUT2D eigenvalue weighted by Crippen LogP contribution is -2.04. The highest BCUT2D eigenvalue weighted by atomic mass is 14.5. The molecule has 1 saturated carbocycles. The van der Waals surface area contributed by atoms with E-state index in [0.717, 1.165) is 11.6 Å². The zero-order valence-electron chi connectivity index (χ0n) is 10.6. The van der Waals surface area contributed by atoms with E-state index in [-0.39, 0.29) is 0 Å². The van der Waals surface area contributed by atoms with Crippen molar-refractivity contribution in [3.05, 3.63) is 55.1 Å². The molecule has 92 valence electrons. The first-order valence-electron chi connectivity index (χ1n) is 6.37. The highest BCUT2D eigenvalue weighted by Gasteiger charge is 2.14. The summed E-state index contributed by atoms with van der Waals surface area (Å²) in [5.41, 5.74) is 8.01. The molecule has 2 rings (SSSR count). The molecule has 1 heteroatoms. The van der Waals surface area contributed by atoms with E-state index in [9.17, 15) is 0 Å². The first kappa shape index (κ1) is 13.6. The molecule has 17 heavy (non-hydrogen) atoms. The average Bonchev–Trinajstić information content (AvgIpc) is 2.41. The molecule has 0 atom stereocenters. The zero-order valence-corrected chi connectivity index (χ0v) is 10.6. The fourth-order valence-electron chi connectivity index (χ4n) is 2.20. The van der Waals surface area contributed by atoms with Gasteiger partial charge in [-0.3, -0.25) is 0 Å². The summed E-state index contributed by atoms with van der Waals surface area (Å²) in [5.74, 6) is 0.800. The molecule has 1 aliphatic carbocycles. The summed E-state index contributed by atoms with van der Waals surface area (Å²) in [6, 6.07) is 8.41. The summed E-state index contributed by atoms with van der Waals surface area (Å²) < 4.78 is 0. The molecule has 1 aromatic carbocycles. The lowest BCUT2D eigenvalue weighted by Gasteiger charge is -2.21. The lowest BCUT2D eigenvalue weighted by molar-refractivity contribution is 0.443. The van der Waals surface area contributed by atoms with Crippen molar-refractivity contribution in [1.29, 1.82) is 0 Å². The van der Waals surface area contributed by atoms with Crippen molar-refractivity contribution in [3.63, 3.8) is 0 Å². The molecule has 1 aromatic rings. The van der Waals surface area contributed by atoms with E-state index in [1.807, 2.05) is 12.1 Å². The normalized spacial score (nSPS) is 15.5. The van der Waals surface area contributed by atoms with E-state index in [2.05, 4.69) is 25.3 Å². The second-order valence-electron chi connectivity index (χ2n) is 4.47. The summed E-state index contributed by atoms with van der Waals surface area (Å²) >= 11 is 0. The molecular formula is C16H23N. The molecular weight excluding hydrogens is 206 g/mol. The molecule has 0 spiro atoms. The molecule has 0 aromatic heterocycles. The van der Waals surface area contributed by atoms with Crippen molar-refractivity contribution in [3.8, 4) is 0 Å². The van der Waals surface area contributed by atoms with E-state index in [4.69, 9.17) is 5.73 Å². The van der Waals surface area contributed by atoms with E-state index >= 15 is 0 Å². The Bertz CT molecular complexity index is 325. The van der Waals surface area contributed by atoms with Gasteiger partial charge in [0.1, 0.15) is 0 Å². The number of benzene rings is 1.